The maximum atomic E-state index is 14.0. The van der Waals surface area contributed by atoms with Gasteiger partial charge in [0.2, 0.25) is 5.75 Å². The zero-order valence-corrected chi connectivity index (χ0v) is 19.4. The zero-order chi connectivity index (χ0) is 27.6. The Morgan fingerprint density at radius 3 is 2.50 bits per heavy atom. The van der Waals surface area contributed by atoms with Crippen LogP contribution in [0.4, 0.5) is 17.6 Å². The molecular formula is C24H11ClF4N6O3. The summed E-state index contributed by atoms with van der Waals surface area (Å²) in [6.07, 6.45) is -4.48. The molecule has 38 heavy (non-hydrogen) atoms. The van der Waals surface area contributed by atoms with E-state index in [0.29, 0.717) is 10.9 Å². The van der Waals surface area contributed by atoms with Crippen LogP contribution in [0.5, 0.6) is 11.5 Å². The van der Waals surface area contributed by atoms with Crippen molar-refractivity contribution < 1.29 is 22.3 Å². The monoisotopic (exact) mass is 542 g/mol. The average molecular weight is 543 g/mol. The molecule has 0 amide bonds. The average Bonchev–Trinajstić information content (AvgIpc) is 2.86. The van der Waals surface area contributed by atoms with Gasteiger partial charge in [-0.25, -0.2) is 14.5 Å². The molecule has 0 spiro atoms. The van der Waals surface area contributed by atoms with Crippen molar-refractivity contribution in [1.82, 2.24) is 19.7 Å². The highest BCUT2D eigenvalue weighted by Crippen LogP contribution is 2.35. The number of halogens is 5. The quantitative estimate of drug-likeness (QED) is 0.369. The lowest BCUT2D eigenvalue weighted by atomic mass is 10.1. The van der Waals surface area contributed by atoms with Gasteiger partial charge < -0.3 is 4.74 Å². The van der Waals surface area contributed by atoms with Gasteiger partial charge in [0.05, 0.1) is 35.8 Å². The Morgan fingerprint density at radius 2 is 1.84 bits per heavy atom. The van der Waals surface area contributed by atoms with Crippen molar-refractivity contribution in [2.45, 2.75) is 12.7 Å². The van der Waals surface area contributed by atoms with Gasteiger partial charge in [0.15, 0.2) is 5.69 Å². The summed E-state index contributed by atoms with van der Waals surface area (Å²) in [6, 6.07) is 11.7. The first-order chi connectivity index (χ1) is 18.0. The highest BCUT2D eigenvalue weighted by Gasteiger charge is 2.38. The third-order valence-corrected chi connectivity index (χ3v) is 5.31. The van der Waals surface area contributed by atoms with Gasteiger partial charge in [-0.05, 0) is 36.4 Å². The standard InChI is InChI=1S/C24H11ClF4N6O3/c25-16-3-12(8-30)4-17(7-16)38-20-21(24(27,28)29)32-11-35(23(20)37)10-15-6-19(33-34-22(15)36)13-1-2-14(9-31)18(26)5-13/h1-7,11H,10H2,(H,34,36). The molecule has 0 saturated carbocycles. The molecule has 2 aromatic heterocycles. The van der Waals surface area contributed by atoms with Crippen LogP contribution in [0.25, 0.3) is 11.3 Å². The molecule has 4 aromatic rings. The van der Waals surface area contributed by atoms with Gasteiger partial charge in [0, 0.05) is 16.1 Å². The third kappa shape index (κ3) is 5.38. The van der Waals surface area contributed by atoms with Crippen LogP contribution in [0.3, 0.4) is 0 Å². The zero-order valence-electron chi connectivity index (χ0n) is 18.7. The normalized spacial score (nSPS) is 11.0. The van der Waals surface area contributed by atoms with E-state index in [1.165, 1.54) is 24.3 Å². The molecule has 0 radical (unpaired) electrons. The lowest BCUT2D eigenvalue weighted by molar-refractivity contribution is -0.142. The molecule has 0 saturated heterocycles. The van der Waals surface area contributed by atoms with Crippen molar-refractivity contribution >= 4 is 11.6 Å². The molecular weight excluding hydrogens is 532 g/mol. The van der Waals surface area contributed by atoms with Crippen LogP contribution in [0.2, 0.25) is 5.02 Å². The van der Waals surface area contributed by atoms with E-state index in [-0.39, 0.29) is 38.7 Å². The molecule has 0 aliphatic carbocycles. The summed E-state index contributed by atoms with van der Waals surface area (Å²) >= 11 is 5.88. The summed E-state index contributed by atoms with van der Waals surface area (Å²) in [5.74, 6) is -2.35. The summed E-state index contributed by atoms with van der Waals surface area (Å²) in [7, 11) is 0. The first-order valence-electron chi connectivity index (χ1n) is 10.3. The summed E-state index contributed by atoms with van der Waals surface area (Å²) < 4.78 is 60.8. The Kier molecular flexibility index (Phi) is 6.97. The van der Waals surface area contributed by atoms with E-state index in [4.69, 9.17) is 26.9 Å². The van der Waals surface area contributed by atoms with E-state index in [1.807, 2.05) is 0 Å². The fraction of sp³-hybridized carbons (Fsp3) is 0.0833. The van der Waals surface area contributed by atoms with Crippen LogP contribution in [-0.4, -0.2) is 19.7 Å². The Morgan fingerprint density at radius 1 is 1.08 bits per heavy atom. The second-order valence-electron chi connectivity index (χ2n) is 7.66. The Labute approximate surface area is 214 Å². The number of H-pyrrole nitrogens is 1. The molecule has 9 nitrogen and oxygen atoms in total. The molecule has 14 heteroatoms. The molecule has 0 bridgehead atoms. The van der Waals surface area contributed by atoms with E-state index < -0.39 is 41.1 Å². The van der Waals surface area contributed by atoms with Crippen molar-refractivity contribution in [2.75, 3.05) is 0 Å². The van der Waals surface area contributed by atoms with Crippen LogP contribution < -0.4 is 15.9 Å². The lowest BCUT2D eigenvalue weighted by Crippen LogP contribution is -2.28. The van der Waals surface area contributed by atoms with E-state index in [1.54, 1.807) is 12.1 Å². The number of benzene rings is 2. The molecule has 0 aliphatic rings. The van der Waals surface area contributed by atoms with Gasteiger partial charge in [-0.15, -0.1) is 0 Å². The molecule has 0 unspecified atom stereocenters. The molecule has 0 atom stereocenters. The summed E-state index contributed by atoms with van der Waals surface area (Å²) in [6.45, 7) is -0.553. The largest absolute Gasteiger partial charge is 0.449 e. The highest BCUT2D eigenvalue weighted by atomic mass is 35.5. The number of nitrogens with zero attached hydrogens (tertiary/aromatic N) is 5. The summed E-state index contributed by atoms with van der Waals surface area (Å²) in [5.41, 5.74) is -3.79. The van der Waals surface area contributed by atoms with Crippen molar-refractivity contribution in [3.8, 4) is 34.9 Å². The van der Waals surface area contributed by atoms with Crippen molar-refractivity contribution in [3.05, 3.63) is 103 Å². The van der Waals surface area contributed by atoms with Crippen LogP contribution in [-0.2, 0) is 12.7 Å². The highest BCUT2D eigenvalue weighted by molar-refractivity contribution is 6.30. The van der Waals surface area contributed by atoms with E-state index in [2.05, 4.69) is 15.2 Å². The van der Waals surface area contributed by atoms with Crippen LogP contribution in [0.15, 0.2) is 58.4 Å². The van der Waals surface area contributed by atoms with Crippen molar-refractivity contribution in [2.24, 2.45) is 0 Å². The number of nitrogens with one attached hydrogen (secondary N) is 1. The van der Waals surface area contributed by atoms with E-state index in [0.717, 1.165) is 18.2 Å². The maximum Gasteiger partial charge on any atom is 0.437 e. The minimum absolute atomic E-state index is 0.0214. The SMILES string of the molecule is N#Cc1cc(Cl)cc(Oc2c(C(F)(F)F)ncn(Cc3cc(-c4ccc(C#N)c(F)c4)n[nH]c3=O)c2=O)c1. The van der Waals surface area contributed by atoms with Gasteiger partial charge in [-0.2, -0.15) is 28.8 Å². The molecule has 0 fully saturated rings. The Bertz CT molecular complexity index is 1770. The van der Waals surface area contributed by atoms with Gasteiger partial charge >= 0.3 is 6.18 Å². The lowest BCUT2D eigenvalue weighted by Gasteiger charge is -2.15. The van der Waals surface area contributed by atoms with Gasteiger partial charge in [0.1, 0.15) is 17.6 Å². The number of nitriles is 2. The Hall–Kier alpha value is -5.01. The summed E-state index contributed by atoms with van der Waals surface area (Å²) in [4.78, 5) is 28.7. The predicted molar refractivity (Wildman–Crippen MR) is 124 cm³/mol. The first-order valence-corrected chi connectivity index (χ1v) is 10.7. The van der Waals surface area contributed by atoms with Crippen molar-refractivity contribution in [3.63, 3.8) is 0 Å². The number of ether oxygens (including phenoxy) is 1. The number of rotatable bonds is 5. The van der Waals surface area contributed by atoms with E-state index in [9.17, 15) is 27.2 Å². The number of alkyl halides is 3. The van der Waals surface area contributed by atoms with Crippen LogP contribution in [0.1, 0.15) is 22.4 Å². The second-order valence-corrected chi connectivity index (χ2v) is 8.09. The second kappa shape index (κ2) is 10.2. The number of hydrogen-bond acceptors (Lipinski definition) is 7. The molecule has 2 aromatic carbocycles. The third-order valence-electron chi connectivity index (χ3n) is 5.09. The van der Waals surface area contributed by atoms with Crippen molar-refractivity contribution in [1.29, 1.82) is 10.5 Å². The number of aromatic nitrogens is 4. The van der Waals surface area contributed by atoms with Gasteiger partial charge in [-0.1, -0.05) is 17.7 Å². The maximum absolute atomic E-state index is 14.0. The fourth-order valence-electron chi connectivity index (χ4n) is 3.34. The summed E-state index contributed by atoms with van der Waals surface area (Å²) in [5, 5.41) is 23.9. The minimum atomic E-state index is -5.08. The first kappa shape index (κ1) is 26.1. The molecule has 0 aliphatic heterocycles. The van der Waals surface area contributed by atoms with Gasteiger partial charge in [-0.3, -0.25) is 14.2 Å². The minimum Gasteiger partial charge on any atom is -0.449 e. The fourth-order valence-corrected chi connectivity index (χ4v) is 3.57. The van der Waals surface area contributed by atoms with Gasteiger partial charge in [0.25, 0.3) is 11.1 Å². The molecule has 1 N–H and O–H groups in total. The smallest absolute Gasteiger partial charge is 0.437 e. The Balaban J connectivity index is 1.77. The topological polar surface area (TPSA) is 137 Å². The van der Waals surface area contributed by atoms with Crippen LogP contribution in [0, 0.1) is 28.5 Å². The van der Waals surface area contributed by atoms with Crippen LogP contribution >= 0.6 is 11.6 Å². The van der Waals surface area contributed by atoms with E-state index >= 15 is 0 Å². The molecule has 2 heterocycles. The molecule has 4 rings (SSSR count). The number of hydrogen-bond donors (Lipinski definition) is 1. The predicted octanol–water partition coefficient (Wildman–Crippen LogP) is 4.39. The number of aromatic amines is 1. The molecule has 190 valence electrons.